The van der Waals surface area contributed by atoms with Crippen LogP contribution in [0.15, 0.2) is 12.1 Å². The first-order valence-corrected chi connectivity index (χ1v) is 4.95. The molecule has 0 saturated heterocycles. The van der Waals surface area contributed by atoms with Crippen LogP contribution in [0.5, 0.6) is 5.75 Å². The van der Waals surface area contributed by atoms with Crippen molar-refractivity contribution < 1.29 is 10.2 Å². The van der Waals surface area contributed by atoms with Crippen LogP contribution in [-0.2, 0) is 12.8 Å². The number of hydrogen-bond donors (Lipinski definition) is 3. The van der Waals surface area contributed by atoms with Crippen LogP contribution in [-0.4, -0.2) is 16.8 Å². The van der Waals surface area contributed by atoms with E-state index in [0.717, 1.165) is 24.8 Å². The number of hydrogen-bond acceptors (Lipinski definition) is 3. The molecule has 1 aromatic carbocycles. The zero-order chi connectivity index (χ0) is 10.1. The normalized spacial score (nSPS) is 16.7. The lowest BCUT2D eigenvalue weighted by atomic mass is 9.98. The van der Waals surface area contributed by atoms with Crippen molar-refractivity contribution in [1.82, 2.24) is 0 Å². The maximum Gasteiger partial charge on any atom is 0.121 e. The molecule has 1 aliphatic rings. The molecule has 0 bridgehead atoms. The molecule has 76 valence electrons. The van der Waals surface area contributed by atoms with Crippen molar-refractivity contribution in [3.8, 4) is 5.75 Å². The molecule has 0 radical (unpaired) electrons. The first-order chi connectivity index (χ1) is 6.74. The van der Waals surface area contributed by atoms with Crippen molar-refractivity contribution >= 4 is 0 Å². The third-order valence-electron chi connectivity index (χ3n) is 2.86. The van der Waals surface area contributed by atoms with Gasteiger partial charge in [-0.15, -0.1) is 0 Å². The summed E-state index contributed by atoms with van der Waals surface area (Å²) < 4.78 is 0. The van der Waals surface area contributed by atoms with E-state index in [0.29, 0.717) is 5.56 Å². The highest BCUT2D eigenvalue weighted by molar-refractivity contribution is 5.47. The molecule has 0 aromatic heterocycles. The van der Waals surface area contributed by atoms with Gasteiger partial charge in [-0.25, -0.2) is 0 Å². The second kappa shape index (κ2) is 3.59. The summed E-state index contributed by atoms with van der Waals surface area (Å²) in [6, 6.07) is 3.59. The number of phenolic OH excluding ortho intramolecular Hbond substituents is 1. The largest absolute Gasteiger partial charge is 0.508 e. The molecule has 0 amide bonds. The van der Waals surface area contributed by atoms with Crippen LogP contribution in [0.25, 0.3) is 0 Å². The Morgan fingerprint density at radius 2 is 2.14 bits per heavy atom. The first-order valence-electron chi connectivity index (χ1n) is 4.95. The van der Waals surface area contributed by atoms with Crippen LogP contribution >= 0.6 is 0 Å². The van der Waals surface area contributed by atoms with Gasteiger partial charge in [0.2, 0.25) is 0 Å². The Balaban J connectivity index is 2.51. The minimum Gasteiger partial charge on any atom is -0.508 e. The van der Waals surface area contributed by atoms with Gasteiger partial charge in [0, 0.05) is 12.1 Å². The monoisotopic (exact) mass is 193 g/mol. The number of benzene rings is 1. The van der Waals surface area contributed by atoms with Crippen LogP contribution in [0.1, 0.15) is 29.2 Å². The zero-order valence-corrected chi connectivity index (χ0v) is 8.03. The first kappa shape index (κ1) is 9.49. The summed E-state index contributed by atoms with van der Waals surface area (Å²) in [6.07, 6.45) is 2.35. The molecule has 1 aromatic rings. The molecule has 1 unspecified atom stereocenters. The third-order valence-corrected chi connectivity index (χ3v) is 2.86. The van der Waals surface area contributed by atoms with Crippen LogP contribution in [0, 0.1) is 0 Å². The van der Waals surface area contributed by atoms with Crippen molar-refractivity contribution in [3.05, 3.63) is 28.8 Å². The van der Waals surface area contributed by atoms with Gasteiger partial charge in [-0.2, -0.15) is 0 Å². The van der Waals surface area contributed by atoms with E-state index in [2.05, 4.69) is 0 Å². The molecule has 0 aliphatic heterocycles. The van der Waals surface area contributed by atoms with Crippen LogP contribution in [0.4, 0.5) is 0 Å². The van der Waals surface area contributed by atoms with E-state index in [1.165, 1.54) is 5.56 Å². The molecule has 14 heavy (non-hydrogen) atoms. The highest BCUT2D eigenvalue weighted by Crippen LogP contribution is 2.34. The summed E-state index contributed by atoms with van der Waals surface area (Å²) in [5.41, 5.74) is 8.39. The van der Waals surface area contributed by atoms with Crippen LogP contribution in [0.3, 0.4) is 0 Å². The summed E-state index contributed by atoms with van der Waals surface area (Å²) in [7, 11) is 0. The van der Waals surface area contributed by atoms with E-state index >= 15 is 0 Å². The van der Waals surface area contributed by atoms with E-state index in [1.54, 1.807) is 6.07 Å². The molecule has 0 heterocycles. The van der Waals surface area contributed by atoms with Crippen molar-refractivity contribution in [2.75, 3.05) is 6.54 Å². The van der Waals surface area contributed by atoms with E-state index < -0.39 is 6.10 Å². The maximum absolute atomic E-state index is 9.69. The van der Waals surface area contributed by atoms with Gasteiger partial charge in [-0.3, -0.25) is 0 Å². The van der Waals surface area contributed by atoms with Gasteiger partial charge >= 0.3 is 0 Å². The lowest BCUT2D eigenvalue weighted by Crippen LogP contribution is -2.13. The lowest BCUT2D eigenvalue weighted by Gasteiger charge is -2.15. The average Bonchev–Trinajstić information content (AvgIpc) is 2.64. The fourth-order valence-electron chi connectivity index (χ4n) is 2.17. The van der Waals surface area contributed by atoms with Gasteiger partial charge in [0.25, 0.3) is 0 Å². The molecule has 3 heteroatoms. The van der Waals surface area contributed by atoms with Gasteiger partial charge in [-0.05, 0) is 36.5 Å². The highest BCUT2D eigenvalue weighted by Gasteiger charge is 2.21. The quantitative estimate of drug-likeness (QED) is 0.653. The number of fused-ring (bicyclic) bond motifs is 1. The number of rotatable bonds is 2. The van der Waals surface area contributed by atoms with E-state index in [4.69, 9.17) is 5.73 Å². The van der Waals surface area contributed by atoms with E-state index in [-0.39, 0.29) is 12.3 Å². The predicted octanol–water partition coefficient (Wildman–Crippen LogP) is 0.873. The van der Waals surface area contributed by atoms with Crippen molar-refractivity contribution in [2.24, 2.45) is 5.73 Å². The fraction of sp³-hybridized carbons (Fsp3) is 0.455. The van der Waals surface area contributed by atoms with Gasteiger partial charge in [-0.1, -0.05) is 6.07 Å². The summed E-state index contributed by atoms with van der Waals surface area (Å²) in [5, 5.41) is 19.3. The number of aliphatic hydroxyl groups excluding tert-OH is 1. The molecule has 0 spiro atoms. The number of aromatic hydroxyl groups is 1. The van der Waals surface area contributed by atoms with Gasteiger partial charge in [0.1, 0.15) is 5.75 Å². The molecule has 2 rings (SSSR count). The highest BCUT2D eigenvalue weighted by atomic mass is 16.3. The Labute approximate surface area is 83.2 Å². The summed E-state index contributed by atoms with van der Waals surface area (Å²) >= 11 is 0. The fourth-order valence-corrected chi connectivity index (χ4v) is 2.17. The van der Waals surface area contributed by atoms with Gasteiger partial charge < -0.3 is 15.9 Å². The Kier molecular flexibility index (Phi) is 2.44. The lowest BCUT2D eigenvalue weighted by molar-refractivity contribution is 0.181. The smallest absolute Gasteiger partial charge is 0.121 e. The Bertz CT molecular complexity index is 349. The summed E-state index contributed by atoms with van der Waals surface area (Å²) in [6.45, 7) is 0.157. The molecule has 1 aliphatic carbocycles. The van der Waals surface area contributed by atoms with Crippen molar-refractivity contribution in [1.29, 1.82) is 0 Å². The topological polar surface area (TPSA) is 66.5 Å². The Hall–Kier alpha value is -1.06. The van der Waals surface area contributed by atoms with E-state index in [1.807, 2.05) is 6.07 Å². The summed E-state index contributed by atoms with van der Waals surface area (Å²) in [5.74, 6) is 0.170. The van der Waals surface area contributed by atoms with Crippen molar-refractivity contribution in [2.45, 2.75) is 25.4 Å². The van der Waals surface area contributed by atoms with Crippen LogP contribution in [0.2, 0.25) is 0 Å². The summed E-state index contributed by atoms with van der Waals surface area (Å²) in [4.78, 5) is 0. The van der Waals surface area contributed by atoms with Gasteiger partial charge in [0.05, 0.1) is 6.10 Å². The predicted molar refractivity (Wildman–Crippen MR) is 54.1 cm³/mol. The van der Waals surface area contributed by atoms with Crippen LogP contribution < -0.4 is 5.73 Å². The third kappa shape index (κ3) is 1.38. The average molecular weight is 193 g/mol. The minimum absolute atomic E-state index is 0.157. The molecule has 1 atom stereocenters. The number of aryl methyl sites for hydroxylation is 1. The van der Waals surface area contributed by atoms with E-state index in [9.17, 15) is 10.2 Å². The molecular formula is C11H15NO2. The minimum atomic E-state index is -0.733. The number of phenols is 1. The Morgan fingerprint density at radius 3 is 2.86 bits per heavy atom. The zero-order valence-electron chi connectivity index (χ0n) is 8.03. The SMILES string of the molecule is NCC(O)c1c(O)ccc2c1CCC2. The molecule has 4 N–H and O–H groups in total. The second-order valence-corrected chi connectivity index (χ2v) is 3.74. The molecule has 0 saturated carbocycles. The molecule has 0 fully saturated rings. The molecular weight excluding hydrogens is 178 g/mol. The van der Waals surface area contributed by atoms with Crippen molar-refractivity contribution in [3.63, 3.8) is 0 Å². The number of aliphatic hydroxyl groups is 1. The Morgan fingerprint density at radius 1 is 1.36 bits per heavy atom. The van der Waals surface area contributed by atoms with Gasteiger partial charge in [0.15, 0.2) is 0 Å². The second-order valence-electron chi connectivity index (χ2n) is 3.74. The standard InChI is InChI=1S/C11H15NO2/c12-6-10(14)11-8-3-1-2-7(8)4-5-9(11)13/h4-5,10,13-14H,1-3,6,12H2. The maximum atomic E-state index is 9.69. The molecule has 3 nitrogen and oxygen atoms in total. The number of nitrogens with two attached hydrogens (primary N) is 1.